The van der Waals surface area contributed by atoms with Crippen LogP contribution in [0.25, 0.3) is 0 Å². The molecule has 0 saturated carbocycles. The maximum atomic E-state index is 12.9. The lowest BCUT2D eigenvalue weighted by Crippen LogP contribution is -2.40. The highest BCUT2D eigenvalue weighted by Crippen LogP contribution is 2.02. The molecule has 100 valence electrons. The molecule has 1 atom stereocenters. The number of halogens is 1. The second-order valence-corrected chi connectivity index (χ2v) is 4.16. The highest BCUT2D eigenvalue weighted by Gasteiger charge is 2.06. The molecular weight excluding hydrogens is 235 g/mol. The minimum absolute atomic E-state index is 0.0153. The van der Waals surface area contributed by atoms with Crippen LogP contribution in [0.15, 0.2) is 24.3 Å². The third-order valence-electron chi connectivity index (χ3n) is 2.33. The minimum Gasteiger partial charge on any atom is -0.383 e. The van der Waals surface area contributed by atoms with E-state index in [2.05, 4.69) is 10.6 Å². The van der Waals surface area contributed by atoms with E-state index in [9.17, 15) is 9.18 Å². The zero-order chi connectivity index (χ0) is 13.4. The monoisotopic (exact) mass is 254 g/mol. The molecule has 5 heteroatoms. The van der Waals surface area contributed by atoms with Crippen LogP contribution in [0.4, 0.5) is 4.39 Å². The van der Waals surface area contributed by atoms with Crippen LogP contribution in [0.5, 0.6) is 0 Å². The fraction of sp³-hybridized carbons (Fsp3) is 0.462. The Hall–Kier alpha value is -1.46. The Morgan fingerprint density at radius 3 is 2.94 bits per heavy atom. The number of nitrogens with one attached hydrogen (secondary N) is 2. The van der Waals surface area contributed by atoms with E-state index in [1.54, 1.807) is 13.2 Å². The van der Waals surface area contributed by atoms with E-state index in [1.807, 2.05) is 13.0 Å². The third-order valence-corrected chi connectivity index (χ3v) is 2.33. The van der Waals surface area contributed by atoms with Crippen LogP contribution in [0.3, 0.4) is 0 Å². The van der Waals surface area contributed by atoms with Gasteiger partial charge in [-0.1, -0.05) is 12.1 Å². The van der Waals surface area contributed by atoms with Crippen molar-refractivity contribution < 1.29 is 13.9 Å². The number of benzene rings is 1. The molecule has 0 aliphatic rings. The zero-order valence-electron chi connectivity index (χ0n) is 10.7. The lowest BCUT2D eigenvalue weighted by Gasteiger charge is -2.13. The SMILES string of the molecule is COCC(C)NC(=O)CNCc1cccc(F)c1. The molecule has 2 N–H and O–H groups in total. The van der Waals surface area contributed by atoms with Gasteiger partial charge in [0.05, 0.1) is 13.2 Å². The first-order valence-electron chi connectivity index (χ1n) is 5.85. The van der Waals surface area contributed by atoms with E-state index >= 15 is 0 Å². The number of carbonyl (C=O) groups is 1. The molecule has 0 spiro atoms. The zero-order valence-corrected chi connectivity index (χ0v) is 10.7. The Morgan fingerprint density at radius 1 is 1.50 bits per heavy atom. The van der Waals surface area contributed by atoms with Gasteiger partial charge in [0.25, 0.3) is 0 Å². The highest BCUT2D eigenvalue weighted by molar-refractivity contribution is 5.78. The molecule has 0 radical (unpaired) electrons. The third kappa shape index (κ3) is 5.75. The molecule has 0 fully saturated rings. The largest absolute Gasteiger partial charge is 0.383 e. The number of amides is 1. The minimum atomic E-state index is -0.271. The van der Waals surface area contributed by atoms with Gasteiger partial charge in [-0.05, 0) is 24.6 Å². The summed E-state index contributed by atoms with van der Waals surface area (Å²) in [4.78, 5) is 11.5. The van der Waals surface area contributed by atoms with Crippen LogP contribution in [0, 0.1) is 5.82 Å². The summed E-state index contributed by atoms with van der Waals surface area (Å²) in [7, 11) is 1.59. The Kier molecular flexibility index (Phi) is 6.32. The molecule has 1 aromatic carbocycles. The summed E-state index contributed by atoms with van der Waals surface area (Å²) in [5, 5.41) is 5.73. The van der Waals surface area contributed by atoms with E-state index in [4.69, 9.17) is 4.74 Å². The van der Waals surface area contributed by atoms with Crippen molar-refractivity contribution in [3.63, 3.8) is 0 Å². The van der Waals surface area contributed by atoms with Gasteiger partial charge in [0.1, 0.15) is 5.82 Å². The molecule has 4 nitrogen and oxygen atoms in total. The molecular formula is C13H19FN2O2. The summed E-state index contributed by atoms with van der Waals surface area (Å²) in [6.45, 7) is 3.01. The Labute approximate surface area is 107 Å². The van der Waals surface area contributed by atoms with Crippen molar-refractivity contribution in [1.82, 2.24) is 10.6 Å². The second-order valence-electron chi connectivity index (χ2n) is 4.16. The lowest BCUT2D eigenvalue weighted by molar-refractivity contribution is -0.121. The van der Waals surface area contributed by atoms with Crippen molar-refractivity contribution in [1.29, 1.82) is 0 Å². The first kappa shape index (κ1) is 14.6. The molecule has 18 heavy (non-hydrogen) atoms. The van der Waals surface area contributed by atoms with E-state index in [0.717, 1.165) is 5.56 Å². The van der Waals surface area contributed by atoms with E-state index in [0.29, 0.717) is 13.2 Å². The van der Waals surface area contributed by atoms with Gasteiger partial charge in [-0.2, -0.15) is 0 Å². The van der Waals surface area contributed by atoms with Crippen LogP contribution in [-0.4, -0.2) is 32.2 Å². The van der Waals surface area contributed by atoms with Gasteiger partial charge in [-0.25, -0.2) is 4.39 Å². The van der Waals surface area contributed by atoms with Gasteiger partial charge >= 0.3 is 0 Å². The van der Waals surface area contributed by atoms with E-state index in [1.165, 1.54) is 12.1 Å². The Bertz CT molecular complexity index is 385. The summed E-state index contributed by atoms with van der Waals surface area (Å²) >= 11 is 0. The standard InChI is InChI=1S/C13H19FN2O2/c1-10(9-18-2)16-13(17)8-15-7-11-4-3-5-12(14)6-11/h3-6,10,15H,7-9H2,1-2H3,(H,16,17). The first-order chi connectivity index (χ1) is 8.61. The van der Waals surface area contributed by atoms with Crippen LogP contribution in [0.2, 0.25) is 0 Å². The van der Waals surface area contributed by atoms with Crippen molar-refractivity contribution in [2.24, 2.45) is 0 Å². The first-order valence-corrected chi connectivity index (χ1v) is 5.85. The summed E-state index contributed by atoms with van der Waals surface area (Å²) in [6, 6.07) is 6.27. The number of hydrogen-bond acceptors (Lipinski definition) is 3. The second kappa shape index (κ2) is 7.79. The summed E-state index contributed by atoms with van der Waals surface area (Å²) < 4.78 is 17.8. The van der Waals surface area contributed by atoms with Gasteiger partial charge < -0.3 is 15.4 Å². The average molecular weight is 254 g/mol. The fourth-order valence-corrected chi connectivity index (χ4v) is 1.58. The topological polar surface area (TPSA) is 50.4 Å². The normalized spacial score (nSPS) is 12.2. The lowest BCUT2D eigenvalue weighted by atomic mass is 10.2. The fourth-order valence-electron chi connectivity index (χ4n) is 1.58. The molecule has 0 heterocycles. The van der Waals surface area contributed by atoms with E-state index in [-0.39, 0.29) is 24.3 Å². The van der Waals surface area contributed by atoms with Gasteiger partial charge in [-0.3, -0.25) is 4.79 Å². The molecule has 1 unspecified atom stereocenters. The Morgan fingerprint density at radius 2 is 2.28 bits per heavy atom. The molecule has 0 saturated heterocycles. The highest BCUT2D eigenvalue weighted by atomic mass is 19.1. The molecule has 0 bridgehead atoms. The number of methoxy groups -OCH3 is 1. The van der Waals surface area contributed by atoms with Crippen LogP contribution in [0.1, 0.15) is 12.5 Å². The smallest absolute Gasteiger partial charge is 0.234 e. The van der Waals surface area contributed by atoms with Crippen molar-refractivity contribution in [2.75, 3.05) is 20.3 Å². The van der Waals surface area contributed by atoms with Crippen molar-refractivity contribution in [2.45, 2.75) is 19.5 Å². The van der Waals surface area contributed by atoms with Crippen molar-refractivity contribution >= 4 is 5.91 Å². The van der Waals surface area contributed by atoms with Gasteiger partial charge in [0.2, 0.25) is 5.91 Å². The number of hydrogen-bond donors (Lipinski definition) is 2. The predicted octanol–water partition coefficient (Wildman–Crippen LogP) is 1.07. The van der Waals surface area contributed by atoms with Crippen molar-refractivity contribution in [3.05, 3.63) is 35.6 Å². The van der Waals surface area contributed by atoms with Crippen molar-refractivity contribution in [3.8, 4) is 0 Å². The summed E-state index contributed by atoms with van der Waals surface area (Å²) in [6.07, 6.45) is 0. The van der Waals surface area contributed by atoms with Gasteiger partial charge in [0.15, 0.2) is 0 Å². The molecule has 1 aromatic rings. The molecule has 1 amide bonds. The average Bonchev–Trinajstić information content (AvgIpc) is 2.29. The quantitative estimate of drug-likeness (QED) is 0.765. The van der Waals surface area contributed by atoms with E-state index < -0.39 is 0 Å². The number of carbonyl (C=O) groups excluding carboxylic acids is 1. The van der Waals surface area contributed by atoms with Gasteiger partial charge in [0, 0.05) is 19.7 Å². The predicted molar refractivity (Wildman–Crippen MR) is 67.6 cm³/mol. The van der Waals surface area contributed by atoms with Gasteiger partial charge in [-0.15, -0.1) is 0 Å². The Balaban J connectivity index is 2.23. The maximum Gasteiger partial charge on any atom is 0.234 e. The summed E-state index contributed by atoms with van der Waals surface area (Å²) in [5.41, 5.74) is 0.813. The molecule has 1 rings (SSSR count). The molecule has 0 aliphatic heterocycles. The molecule has 0 aromatic heterocycles. The molecule has 0 aliphatic carbocycles. The summed E-state index contributed by atoms with van der Waals surface area (Å²) in [5.74, 6) is -0.372. The van der Waals surface area contributed by atoms with Crippen LogP contribution < -0.4 is 10.6 Å². The van der Waals surface area contributed by atoms with Crippen LogP contribution >= 0.6 is 0 Å². The maximum absolute atomic E-state index is 12.9. The number of rotatable bonds is 7. The van der Waals surface area contributed by atoms with Crippen LogP contribution in [-0.2, 0) is 16.1 Å². The number of ether oxygens (including phenoxy) is 1.